The van der Waals surface area contributed by atoms with Gasteiger partial charge in [-0.05, 0) is 50.9 Å². The number of carbonyl (C=O) groups excluding carboxylic acids is 1. The molecule has 2 aromatic heterocycles. The molecule has 1 aliphatic rings. The van der Waals surface area contributed by atoms with E-state index in [0.29, 0.717) is 18.9 Å². The minimum atomic E-state index is 0. The van der Waals surface area contributed by atoms with Crippen LogP contribution in [0.3, 0.4) is 0 Å². The van der Waals surface area contributed by atoms with Crippen molar-refractivity contribution in [3.63, 3.8) is 0 Å². The van der Waals surface area contributed by atoms with Crippen molar-refractivity contribution in [2.75, 3.05) is 20.1 Å². The fourth-order valence-corrected chi connectivity index (χ4v) is 3.92. The van der Waals surface area contributed by atoms with Crippen molar-refractivity contribution in [1.29, 1.82) is 0 Å². The van der Waals surface area contributed by atoms with Gasteiger partial charge in [0.05, 0.1) is 5.52 Å². The van der Waals surface area contributed by atoms with Crippen LogP contribution in [0, 0.1) is 13.8 Å². The number of aryl methyl sites for hydroxylation is 2. The number of hydrogen-bond donors (Lipinski definition) is 1. The number of likely N-dealkylation sites (N-methyl/N-ethyl adjacent to an activating group) is 1. The molecule has 0 bridgehead atoms. The topological polar surface area (TPSA) is 62.5 Å². The molecule has 144 valence electrons. The summed E-state index contributed by atoms with van der Waals surface area (Å²) in [5, 5.41) is 9.07. The molecular weight excluding hydrogens is 362 g/mol. The molecule has 1 N–H and O–H groups in total. The number of rotatable bonds is 4. The zero-order valence-corrected chi connectivity index (χ0v) is 16.8. The molecule has 1 unspecified atom stereocenters. The van der Waals surface area contributed by atoms with E-state index in [1.807, 2.05) is 41.6 Å². The van der Waals surface area contributed by atoms with Crippen LogP contribution < -0.4 is 5.32 Å². The number of fused-ring (bicyclic) bond motifs is 3. The number of amides is 1. The third kappa shape index (κ3) is 3.51. The second-order valence-electron chi connectivity index (χ2n) is 7.17. The molecule has 1 amide bonds. The van der Waals surface area contributed by atoms with Crippen LogP contribution in [-0.4, -0.2) is 51.6 Å². The predicted octanol–water partition coefficient (Wildman–Crippen LogP) is 2.67. The van der Waals surface area contributed by atoms with Gasteiger partial charge >= 0.3 is 0 Å². The van der Waals surface area contributed by atoms with E-state index in [1.54, 1.807) is 0 Å². The Kier molecular flexibility index (Phi) is 5.67. The Bertz CT molecular complexity index is 977. The molecule has 0 radical (unpaired) electrons. The Balaban J connectivity index is 0.00000210. The molecular formula is C20H26ClN5O. The highest BCUT2D eigenvalue weighted by atomic mass is 35.5. The fourth-order valence-electron chi connectivity index (χ4n) is 3.92. The molecule has 7 heteroatoms. The van der Waals surface area contributed by atoms with E-state index < -0.39 is 0 Å². The summed E-state index contributed by atoms with van der Waals surface area (Å²) in [6.45, 7) is 5.98. The third-order valence-electron chi connectivity index (χ3n) is 5.58. The number of hydrogen-bond acceptors (Lipinski definition) is 4. The average Bonchev–Trinajstić information content (AvgIpc) is 3.29. The lowest BCUT2D eigenvalue weighted by molar-refractivity contribution is -0.131. The molecule has 0 spiro atoms. The summed E-state index contributed by atoms with van der Waals surface area (Å²) >= 11 is 0. The quantitative estimate of drug-likeness (QED) is 0.747. The van der Waals surface area contributed by atoms with Gasteiger partial charge in [-0.3, -0.25) is 4.79 Å². The third-order valence-corrected chi connectivity index (χ3v) is 5.58. The highest BCUT2D eigenvalue weighted by molar-refractivity contribution is 5.92. The van der Waals surface area contributed by atoms with Gasteiger partial charge in [0.2, 0.25) is 5.91 Å². The zero-order valence-electron chi connectivity index (χ0n) is 16.0. The monoisotopic (exact) mass is 387 g/mol. The summed E-state index contributed by atoms with van der Waals surface area (Å²) in [7, 11) is 1.92. The maximum absolute atomic E-state index is 12.6. The Labute approximate surface area is 165 Å². The molecule has 1 atom stereocenters. The van der Waals surface area contributed by atoms with Gasteiger partial charge in [-0.25, -0.2) is 9.50 Å². The first-order valence-corrected chi connectivity index (χ1v) is 9.26. The number of aromatic nitrogens is 3. The minimum Gasteiger partial charge on any atom is -0.341 e. The first kappa shape index (κ1) is 19.6. The van der Waals surface area contributed by atoms with Gasteiger partial charge in [0.25, 0.3) is 0 Å². The molecule has 1 aliphatic heterocycles. The summed E-state index contributed by atoms with van der Waals surface area (Å²) in [5.41, 5.74) is 5.01. The van der Waals surface area contributed by atoms with Gasteiger partial charge in [0.1, 0.15) is 0 Å². The predicted molar refractivity (Wildman–Crippen MR) is 110 cm³/mol. The first-order chi connectivity index (χ1) is 12.6. The van der Waals surface area contributed by atoms with Crippen LogP contribution in [0.4, 0.5) is 0 Å². The Hall–Kier alpha value is -2.18. The molecule has 3 aromatic rings. The molecule has 6 nitrogen and oxygen atoms in total. The van der Waals surface area contributed by atoms with Gasteiger partial charge in [0, 0.05) is 42.8 Å². The van der Waals surface area contributed by atoms with E-state index >= 15 is 0 Å². The highest BCUT2D eigenvalue weighted by Gasteiger charge is 2.23. The molecule has 27 heavy (non-hydrogen) atoms. The lowest BCUT2D eigenvalue weighted by atomic mass is 10.1. The number of halogens is 1. The van der Waals surface area contributed by atoms with E-state index in [9.17, 15) is 4.79 Å². The normalized spacial score (nSPS) is 16.6. The fraction of sp³-hybridized carbons (Fsp3) is 0.450. The Morgan fingerprint density at radius 2 is 2.11 bits per heavy atom. The van der Waals surface area contributed by atoms with E-state index in [0.717, 1.165) is 53.0 Å². The summed E-state index contributed by atoms with van der Waals surface area (Å²) < 4.78 is 1.92. The molecule has 4 rings (SSSR count). The summed E-state index contributed by atoms with van der Waals surface area (Å²) in [4.78, 5) is 19.3. The number of benzene rings is 1. The summed E-state index contributed by atoms with van der Waals surface area (Å²) in [6.07, 6.45) is 2.23. The molecule has 1 aromatic carbocycles. The van der Waals surface area contributed by atoms with Crippen molar-refractivity contribution in [2.45, 2.75) is 39.2 Å². The zero-order chi connectivity index (χ0) is 18.3. The lowest BCUT2D eigenvalue weighted by Crippen LogP contribution is -2.38. The smallest absolute Gasteiger partial charge is 0.222 e. The first-order valence-electron chi connectivity index (χ1n) is 9.26. The second-order valence-corrected chi connectivity index (χ2v) is 7.17. The van der Waals surface area contributed by atoms with Crippen LogP contribution in [0.25, 0.3) is 16.6 Å². The average molecular weight is 388 g/mol. The maximum Gasteiger partial charge on any atom is 0.222 e. The van der Waals surface area contributed by atoms with Gasteiger partial charge in [-0.1, -0.05) is 12.1 Å². The maximum atomic E-state index is 12.6. The van der Waals surface area contributed by atoms with E-state index in [-0.39, 0.29) is 18.3 Å². The largest absolute Gasteiger partial charge is 0.341 e. The molecule has 3 heterocycles. The van der Waals surface area contributed by atoms with Crippen molar-refractivity contribution in [2.24, 2.45) is 0 Å². The van der Waals surface area contributed by atoms with E-state index in [2.05, 4.69) is 18.3 Å². The van der Waals surface area contributed by atoms with Crippen molar-refractivity contribution in [3.8, 4) is 0 Å². The Morgan fingerprint density at radius 1 is 1.33 bits per heavy atom. The minimum absolute atomic E-state index is 0. The van der Waals surface area contributed by atoms with Gasteiger partial charge in [0.15, 0.2) is 5.65 Å². The highest BCUT2D eigenvalue weighted by Crippen LogP contribution is 2.23. The van der Waals surface area contributed by atoms with Crippen molar-refractivity contribution < 1.29 is 4.79 Å². The molecule has 0 aliphatic carbocycles. The van der Waals surface area contributed by atoms with Gasteiger partial charge in [-0.15, -0.1) is 12.4 Å². The van der Waals surface area contributed by atoms with Crippen LogP contribution in [0.5, 0.6) is 0 Å². The Morgan fingerprint density at radius 3 is 2.85 bits per heavy atom. The molecule has 1 fully saturated rings. The number of nitrogens with one attached hydrogen (secondary N) is 1. The van der Waals surface area contributed by atoms with Crippen molar-refractivity contribution in [1.82, 2.24) is 24.8 Å². The molecule has 0 saturated carbocycles. The van der Waals surface area contributed by atoms with Crippen LogP contribution in [0.1, 0.15) is 29.8 Å². The van der Waals surface area contributed by atoms with Gasteiger partial charge < -0.3 is 10.2 Å². The second kappa shape index (κ2) is 7.82. The number of nitrogens with zero attached hydrogens (tertiary/aromatic N) is 4. The van der Waals surface area contributed by atoms with Crippen LogP contribution >= 0.6 is 12.4 Å². The van der Waals surface area contributed by atoms with E-state index in [4.69, 9.17) is 10.1 Å². The summed E-state index contributed by atoms with van der Waals surface area (Å²) in [6, 6.07) is 8.38. The summed E-state index contributed by atoms with van der Waals surface area (Å²) in [5.74, 6) is 0.197. The van der Waals surface area contributed by atoms with Crippen LogP contribution in [-0.2, 0) is 11.2 Å². The van der Waals surface area contributed by atoms with Crippen LogP contribution in [0.2, 0.25) is 0 Å². The molecule has 1 saturated heterocycles. The standard InChI is InChI=1S/C20H25N5O.ClH/c1-13-16(8-9-19(26)24(3)15-10-11-21-12-15)14(2)25-20(22-13)17-6-4-5-7-18(17)23-25;/h4-7,15,21H,8-12H2,1-3H3;1H. The van der Waals surface area contributed by atoms with E-state index in [1.165, 1.54) is 0 Å². The van der Waals surface area contributed by atoms with Crippen molar-refractivity contribution in [3.05, 3.63) is 41.2 Å². The van der Waals surface area contributed by atoms with Gasteiger partial charge in [-0.2, -0.15) is 5.10 Å². The SMILES string of the molecule is Cc1nc2c3ccccc3nn2c(C)c1CCC(=O)N(C)C1CCNC1.Cl. The lowest BCUT2D eigenvalue weighted by Gasteiger charge is -2.24. The van der Waals surface area contributed by atoms with Crippen LogP contribution in [0.15, 0.2) is 24.3 Å². The number of carbonyl (C=O) groups is 1. The van der Waals surface area contributed by atoms with Crippen molar-refractivity contribution >= 4 is 34.9 Å².